The van der Waals surface area contributed by atoms with E-state index in [1.54, 1.807) is 45.0 Å². The van der Waals surface area contributed by atoms with Crippen LogP contribution in [0.15, 0.2) is 24.3 Å². The lowest BCUT2D eigenvalue weighted by molar-refractivity contribution is -0.143. The van der Waals surface area contributed by atoms with Crippen molar-refractivity contribution in [1.29, 1.82) is 0 Å². The van der Waals surface area contributed by atoms with Gasteiger partial charge in [0, 0.05) is 0 Å². The van der Waals surface area contributed by atoms with Crippen molar-refractivity contribution < 1.29 is 19.1 Å². The number of esters is 2. The molecular formula is C17H24O4. The minimum atomic E-state index is -0.639. The Labute approximate surface area is 126 Å². The van der Waals surface area contributed by atoms with Crippen molar-refractivity contribution in [2.24, 2.45) is 5.41 Å². The molecule has 0 aliphatic carbocycles. The first kappa shape index (κ1) is 17.2. The Morgan fingerprint density at radius 3 is 2.14 bits per heavy atom. The SMILES string of the molecule is CCC(C)(C)OC(=O)c1ccccc1OC(=O)C(C)(C)C. The van der Waals surface area contributed by atoms with Crippen molar-refractivity contribution >= 4 is 11.9 Å². The zero-order chi connectivity index (χ0) is 16.3. The van der Waals surface area contributed by atoms with Crippen LogP contribution in [-0.4, -0.2) is 17.5 Å². The third-order valence-corrected chi connectivity index (χ3v) is 3.14. The maximum atomic E-state index is 12.3. The van der Waals surface area contributed by atoms with Crippen LogP contribution < -0.4 is 4.74 Å². The fourth-order valence-corrected chi connectivity index (χ4v) is 1.36. The lowest BCUT2D eigenvalue weighted by Gasteiger charge is -2.24. The summed E-state index contributed by atoms with van der Waals surface area (Å²) in [4.78, 5) is 24.2. The van der Waals surface area contributed by atoms with Crippen LogP contribution in [0.1, 0.15) is 58.3 Å². The summed E-state index contributed by atoms with van der Waals surface area (Å²) in [5.41, 5.74) is -0.936. The van der Waals surface area contributed by atoms with Gasteiger partial charge in [0.1, 0.15) is 16.9 Å². The Bertz CT molecular complexity index is 524. The van der Waals surface area contributed by atoms with Crippen LogP contribution >= 0.6 is 0 Å². The van der Waals surface area contributed by atoms with Gasteiger partial charge in [-0.1, -0.05) is 19.1 Å². The molecular weight excluding hydrogens is 268 g/mol. The van der Waals surface area contributed by atoms with E-state index in [2.05, 4.69) is 0 Å². The summed E-state index contributed by atoms with van der Waals surface area (Å²) in [7, 11) is 0. The summed E-state index contributed by atoms with van der Waals surface area (Å²) in [6.45, 7) is 10.9. The largest absolute Gasteiger partial charge is 0.456 e. The van der Waals surface area contributed by atoms with Gasteiger partial charge in [-0.3, -0.25) is 4.79 Å². The molecule has 1 aromatic carbocycles. The molecule has 4 nitrogen and oxygen atoms in total. The molecule has 0 fully saturated rings. The second-order valence-electron chi connectivity index (χ2n) is 6.64. The van der Waals surface area contributed by atoms with E-state index in [1.165, 1.54) is 0 Å². The molecule has 0 heterocycles. The molecule has 0 aromatic heterocycles. The van der Waals surface area contributed by atoms with E-state index >= 15 is 0 Å². The van der Waals surface area contributed by atoms with Crippen molar-refractivity contribution in [3.63, 3.8) is 0 Å². The molecule has 21 heavy (non-hydrogen) atoms. The monoisotopic (exact) mass is 292 g/mol. The highest BCUT2D eigenvalue weighted by Gasteiger charge is 2.27. The average molecular weight is 292 g/mol. The van der Waals surface area contributed by atoms with Gasteiger partial charge in [-0.2, -0.15) is 0 Å². The number of para-hydroxylation sites is 1. The fraction of sp³-hybridized carbons (Fsp3) is 0.529. The fourth-order valence-electron chi connectivity index (χ4n) is 1.36. The van der Waals surface area contributed by atoms with E-state index < -0.39 is 23.0 Å². The molecule has 0 aliphatic heterocycles. The number of rotatable bonds is 4. The lowest BCUT2D eigenvalue weighted by Crippen LogP contribution is -2.29. The number of benzene rings is 1. The van der Waals surface area contributed by atoms with Crippen molar-refractivity contribution in [3.05, 3.63) is 29.8 Å². The van der Waals surface area contributed by atoms with Crippen LogP contribution in [0.2, 0.25) is 0 Å². The van der Waals surface area contributed by atoms with Gasteiger partial charge in [0.25, 0.3) is 0 Å². The van der Waals surface area contributed by atoms with Crippen molar-refractivity contribution in [2.45, 2.75) is 53.6 Å². The number of carbonyl (C=O) groups excluding carboxylic acids is 2. The molecule has 0 unspecified atom stereocenters. The van der Waals surface area contributed by atoms with Crippen molar-refractivity contribution in [1.82, 2.24) is 0 Å². The standard InChI is InChI=1S/C17H24O4/c1-7-17(5,6)21-14(18)12-10-8-9-11-13(12)20-15(19)16(2,3)4/h8-11H,7H2,1-6H3. The predicted molar refractivity (Wildman–Crippen MR) is 81.3 cm³/mol. The zero-order valence-corrected chi connectivity index (χ0v) is 13.6. The Morgan fingerprint density at radius 1 is 1.05 bits per heavy atom. The quantitative estimate of drug-likeness (QED) is 0.622. The molecule has 0 radical (unpaired) electrons. The van der Waals surface area contributed by atoms with E-state index in [1.807, 2.05) is 20.8 Å². The van der Waals surface area contributed by atoms with Gasteiger partial charge in [-0.25, -0.2) is 4.79 Å². The van der Waals surface area contributed by atoms with Gasteiger partial charge in [-0.05, 0) is 53.2 Å². The summed E-state index contributed by atoms with van der Waals surface area (Å²) in [6.07, 6.45) is 0.697. The Balaban J connectivity index is 3.00. The minimum Gasteiger partial charge on any atom is -0.456 e. The van der Waals surface area contributed by atoms with Crippen LogP contribution in [0.4, 0.5) is 0 Å². The van der Waals surface area contributed by atoms with Crippen molar-refractivity contribution in [3.8, 4) is 5.75 Å². The summed E-state index contributed by atoms with van der Waals surface area (Å²) >= 11 is 0. The van der Waals surface area contributed by atoms with Gasteiger partial charge in [0.05, 0.1) is 5.41 Å². The topological polar surface area (TPSA) is 52.6 Å². The smallest absolute Gasteiger partial charge is 0.342 e. The van der Waals surface area contributed by atoms with Crippen LogP contribution in [0.25, 0.3) is 0 Å². The molecule has 0 bridgehead atoms. The lowest BCUT2D eigenvalue weighted by atomic mass is 9.97. The first-order chi connectivity index (χ1) is 9.57. The predicted octanol–water partition coefficient (Wildman–Crippen LogP) is 3.98. The van der Waals surface area contributed by atoms with Crippen LogP contribution in [0.5, 0.6) is 5.75 Å². The maximum Gasteiger partial charge on any atom is 0.342 e. The maximum absolute atomic E-state index is 12.3. The summed E-state index contributed by atoms with van der Waals surface area (Å²) < 4.78 is 10.8. The molecule has 1 aromatic rings. The highest BCUT2D eigenvalue weighted by atomic mass is 16.6. The average Bonchev–Trinajstić information content (AvgIpc) is 2.37. The zero-order valence-electron chi connectivity index (χ0n) is 13.6. The number of hydrogen-bond acceptors (Lipinski definition) is 4. The van der Waals surface area contributed by atoms with E-state index in [0.29, 0.717) is 6.42 Å². The second kappa shape index (κ2) is 6.29. The van der Waals surface area contributed by atoms with E-state index in [4.69, 9.17) is 9.47 Å². The highest BCUT2D eigenvalue weighted by Crippen LogP contribution is 2.25. The van der Waals surface area contributed by atoms with E-state index in [-0.39, 0.29) is 11.3 Å². The Hall–Kier alpha value is -1.84. The van der Waals surface area contributed by atoms with Gasteiger partial charge in [0.2, 0.25) is 0 Å². The third kappa shape index (κ3) is 4.88. The van der Waals surface area contributed by atoms with Crippen LogP contribution in [0, 0.1) is 5.41 Å². The van der Waals surface area contributed by atoms with Gasteiger partial charge in [-0.15, -0.1) is 0 Å². The van der Waals surface area contributed by atoms with Crippen LogP contribution in [-0.2, 0) is 9.53 Å². The first-order valence-electron chi connectivity index (χ1n) is 7.11. The molecule has 4 heteroatoms. The molecule has 0 saturated carbocycles. The summed E-state index contributed by atoms with van der Waals surface area (Å²) in [5.74, 6) is -0.647. The molecule has 0 spiro atoms. The number of carbonyl (C=O) groups is 2. The third-order valence-electron chi connectivity index (χ3n) is 3.14. The molecule has 0 saturated heterocycles. The first-order valence-corrected chi connectivity index (χ1v) is 7.11. The molecule has 116 valence electrons. The van der Waals surface area contributed by atoms with E-state index in [0.717, 1.165) is 0 Å². The summed E-state index contributed by atoms with van der Waals surface area (Å²) in [5, 5.41) is 0. The highest BCUT2D eigenvalue weighted by molar-refractivity contribution is 5.94. The molecule has 0 atom stereocenters. The number of ether oxygens (including phenoxy) is 2. The Kier molecular flexibility index (Phi) is 5.15. The molecule has 0 N–H and O–H groups in total. The summed E-state index contributed by atoms with van der Waals surface area (Å²) in [6, 6.07) is 6.62. The van der Waals surface area contributed by atoms with E-state index in [9.17, 15) is 9.59 Å². The van der Waals surface area contributed by atoms with Gasteiger partial charge < -0.3 is 9.47 Å². The minimum absolute atomic E-state index is 0.231. The Morgan fingerprint density at radius 2 is 1.62 bits per heavy atom. The van der Waals surface area contributed by atoms with Gasteiger partial charge >= 0.3 is 11.9 Å². The van der Waals surface area contributed by atoms with Crippen molar-refractivity contribution in [2.75, 3.05) is 0 Å². The second-order valence-corrected chi connectivity index (χ2v) is 6.64. The van der Waals surface area contributed by atoms with Gasteiger partial charge in [0.15, 0.2) is 0 Å². The molecule has 0 amide bonds. The normalized spacial score (nSPS) is 11.9. The van der Waals surface area contributed by atoms with Crippen LogP contribution in [0.3, 0.4) is 0 Å². The number of hydrogen-bond donors (Lipinski definition) is 0. The molecule has 1 rings (SSSR count). The molecule has 0 aliphatic rings.